The van der Waals surface area contributed by atoms with E-state index < -0.39 is 11.9 Å². The minimum atomic E-state index is -4.46. The smallest absolute Gasteiger partial charge is 0.433 e. The second kappa shape index (κ2) is 5.22. The lowest BCUT2D eigenvalue weighted by molar-refractivity contribution is -0.143. The van der Waals surface area contributed by atoms with Gasteiger partial charge in [0.2, 0.25) is 0 Å². The molecule has 0 spiro atoms. The number of benzene rings is 1. The van der Waals surface area contributed by atoms with Gasteiger partial charge in [-0.05, 0) is 43.5 Å². The van der Waals surface area contributed by atoms with Gasteiger partial charge in [-0.15, -0.1) is 0 Å². The summed E-state index contributed by atoms with van der Waals surface area (Å²) in [5, 5.41) is 4.18. The molecule has 124 valence electrons. The molecule has 0 saturated carbocycles. The molecule has 2 heterocycles. The summed E-state index contributed by atoms with van der Waals surface area (Å²) in [7, 11) is 1.56. The largest absolute Gasteiger partial charge is 0.497 e. The Morgan fingerprint density at radius 1 is 1.12 bits per heavy atom. The van der Waals surface area contributed by atoms with Gasteiger partial charge in [0.1, 0.15) is 5.75 Å². The zero-order chi connectivity index (χ0) is 16.9. The second-order valence-corrected chi connectivity index (χ2v) is 5.77. The molecule has 0 amide bonds. The Labute approximate surface area is 135 Å². The Kier molecular flexibility index (Phi) is 3.26. The summed E-state index contributed by atoms with van der Waals surface area (Å²) in [4.78, 5) is 4.39. The van der Waals surface area contributed by atoms with E-state index in [2.05, 4.69) is 10.1 Å². The lowest BCUT2D eigenvalue weighted by atomic mass is 10.1. The summed E-state index contributed by atoms with van der Waals surface area (Å²) >= 11 is 0. The summed E-state index contributed by atoms with van der Waals surface area (Å²) in [6, 6.07) is 8.62. The molecule has 4 nitrogen and oxygen atoms in total. The van der Waals surface area contributed by atoms with Gasteiger partial charge in [0.25, 0.3) is 0 Å². The number of fused-ring (bicyclic) bond motifs is 2. The number of aromatic nitrogens is 3. The fraction of sp³-hybridized carbons (Fsp3) is 0.294. The van der Waals surface area contributed by atoms with Crippen molar-refractivity contribution < 1.29 is 17.9 Å². The van der Waals surface area contributed by atoms with Gasteiger partial charge in [0.05, 0.1) is 12.8 Å². The molecule has 0 bridgehead atoms. The van der Waals surface area contributed by atoms with E-state index in [1.807, 2.05) is 0 Å². The third kappa shape index (κ3) is 2.31. The van der Waals surface area contributed by atoms with Crippen LogP contribution in [0.3, 0.4) is 0 Å². The first-order valence-corrected chi connectivity index (χ1v) is 7.60. The van der Waals surface area contributed by atoms with Crippen LogP contribution in [0, 0.1) is 0 Å². The van der Waals surface area contributed by atoms with Crippen molar-refractivity contribution in [3.63, 3.8) is 0 Å². The molecule has 7 heteroatoms. The monoisotopic (exact) mass is 333 g/mol. The first-order valence-electron chi connectivity index (χ1n) is 7.60. The van der Waals surface area contributed by atoms with Crippen LogP contribution in [-0.4, -0.2) is 21.7 Å². The van der Waals surface area contributed by atoms with E-state index in [9.17, 15) is 13.2 Å². The van der Waals surface area contributed by atoms with Crippen LogP contribution < -0.4 is 4.74 Å². The van der Waals surface area contributed by atoms with Crippen LogP contribution in [0.25, 0.3) is 16.9 Å². The van der Waals surface area contributed by atoms with Crippen molar-refractivity contribution >= 4 is 5.65 Å². The minimum absolute atomic E-state index is 0.230. The van der Waals surface area contributed by atoms with Crippen molar-refractivity contribution in [1.82, 2.24) is 14.6 Å². The molecule has 4 rings (SSSR count). The van der Waals surface area contributed by atoms with Crippen molar-refractivity contribution in [2.24, 2.45) is 0 Å². The third-order valence-corrected chi connectivity index (χ3v) is 4.28. The Bertz CT molecular complexity index is 913. The van der Waals surface area contributed by atoms with E-state index >= 15 is 0 Å². The number of halogens is 3. The lowest BCUT2D eigenvalue weighted by Crippen LogP contribution is -2.17. The van der Waals surface area contributed by atoms with E-state index in [-0.39, 0.29) is 11.2 Å². The first kappa shape index (κ1) is 15.0. The molecular weight excluding hydrogens is 319 g/mol. The zero-order valence-electron chi connectivity index (χ0n) is 12.9. The number of nitrogens with zero attached hydrogens (tertiary/aromatic N) is 3. The average molecular weight is 333 g/mol. The summed E-state index contributed by atoms with van der Waals surface area (Å²) in [5.41, 5.74) is 1.53. The summed E-state index contributed by atoms with van der Waals surface area (Å²) in [6.45, 7) is 0. The van der Waals surface area contributed by atoms with Crippen LogP contribution >= 0.6 is 0 Å². The quantitative estimate of drug-likeness (QED) is 0.714. The SMILES string of the molecule is COc1ccc(-c2cc3nc4c(c(C(F)(F)F)n3n2)CCC4)cc1. The van der Waals surface area contributed by atoms with E-state index in [0.29, 0.717) is 36.4 Å². The molecule has 0 atom stereocenters. The van der Waals surface area contributed by atoms with Crippen molar-refractivity contribution in [2.75, 3.05) is 7.11 Å². The minimum Gasteiger partial charge on any atom is -0.497 e. The Balaban J connectivity index is 1.92. The molecule has 0 fully saturated rings. The molecule has 0 unspecified atom stereocenters. The first-order chi connectivity index (χ1) is 11.5. The van der Waals surface area contributed by atoms with Crippen LogP contribution in [-0.2, 0) is 19.0 Å². The highest BCUT2D eigenvalue weighted by Gasteiger charge is 2.39. The normalized spacial score (nSPS) is 14.2. The number of ether oxygens (including phenoxy) is 1. The fourth-order valence-electron chi connectivity index (χ4n) is 3.18. The lowest BCUT2D eigenvalue weighted by Gasteiger charge is -2.13. The van der Waals surface area contributed by atoms with Gasteiger partial charge >= 0.3 is 6.18 Å². The number of rotatable bonds is 2. The number of methoxy groups -OCH3 is 1. The van der Waals surface area contributed by atoms with E-state index in [0.717, 1.165) is 10.1 Å². The van der Waals surface area contributed by atoms with Crippen LogP contribution in [0.15, 0.2) is 30.3 Å². The van der Waals surface area contributed by atoms with Crippen LogP contribution in [0.5, 0.6) is 5.75 Å². The Hall–Kier alpha value is -2.57. The average Bonchev–Trinajstić information content (AvgIpc) is 3.17. The highest BCUT2D eigenvalue weighted by Crippen LogP contribution is 2.37. The molecule has 3 aromatic rings. The Morgan fingerprint density at radius 3 is 2.54 bits per heavy atom. The van der Waals surface area contributed by atoms with Crippen LogP contribution in [0.2, 0.25) is 0 Å². The number of hydrogen-bond acceptors (Lipinski definition) is 3. The van der Waals surface area contributed by atoms with Crippen molar-refractivity contribution in [2.45, 2.75) is 25.4 Å². The van der Waals surface area contributed by atoms with Crippen LogP contribution in [0.1, 0.15) is 23.4 Å². The van der Waals surface area contributed by atoms with Gasteiger partial charge in [-0.2, -0.15) is 18.3 Å². The predicted molar refractivity (Wildman–Crippen MR) is 82.0 cm³/mol. The van der Waals surface area contributed by atoms with Crippen molar-refractivity contribution in [3.05, 3.63) is 47.3 Å². The van der Waals surface area contributed by atoms with E-state index in [1.54, 1.807) is 37.4 Å². The van der Waals surface area contributed by atoms with Crippen molar-refractivity contribution in [1.29, 1.82) is 0 Å². The number of aryl methyl sites for hydroxylation is 1. The van der Waals surface area contributed by atoms with Gasteiger partial charge in [-0.3, -0.25) is 0 Å². The molecular formula is C17H14F3N3O. The van der Waals surface area contributed by atoms with Gasteiger partial charge in [-0.25, -0.2) is 9.50 Å². The molecule has 24 heavy (non-hydrogen) atoms. The topological polar surface area (TPSA) is 39.4 Å². The third-order valence-electron chi connectivity index (χ3n) is 4.28. The van der Waals surface area contributed by atoms with E-state index in [1.165, 1.54) is 0 Å². The molecule has 1 aliphatic rings. The zero-order valence-corrected chi connectivity index (χ0v) is 12.9. The maximum absolute atomic E-state index is 13.6. The number of alkyl halides is 3. The molecule has 0 radical (unpaired) electrons. The molecule has 0 N–H and O–H groups in total. The summed E-state index contributed by atoms with van der Waals surface area (Å²) in [6.07, 6.45) is -2.79. The molecule has 0 saturated heterocycles. The van der Waals surface area contributed by atoms with Gasteiger partial charge in [0.15, 0.2) is 11.3 Å². The van der Waals surface area contributed by atoms with Gasteiger partial charge in [0, 0.05) is 22.9 Å². The molecule has 1 aliphatic carbocycles. The van der Waals surface area contributed by atoms with Crippen molar-refractivity contribution in [3.8, 4) is 17.0 Å². The summed E-state index contributed by atoms with van der Waals surface area (Å²) < 4.78 is 46.8. The predicted octanol–water partition coefficient (Wildman–Crippen LogP) is 3.91. The maximum Gasteiger partial charge on any atom is 0.433 e. The highest BCUT2D eigenvalue weighted by molar-refractivity contribution is 5.65. The van der Waals surface area contributed by atoms with Gasteiger partial charge < -0.3 is 4.74 Å². The van der Waals surface area contributed by atoms with Gasteiger partial charge in [-0.1, -0.05) is 0 Å². The van der Waals surface area contributed by atoms with E-state index in [4.69, 9.17) is 4.74 Å². The standard InChI is InChI=1S/C17H14F3N3O/c1-24-11-7-5-10(6-8-11)14-9-15-21-13-4-2-3-12(13)16(17(18,19)20)23(15)22-14/h5-9H,2-4H2,1H3. The summed E-state index contributed by atoms with van der Waals surface area (Å²) in [5.74, 6) is 0.676. The number of hydrogen-bond donors (Lipinski definition) is 0. The van der Waals surface area contributed by atoms with Crippen LogP contribution in [0.4, 0.5) is 13.2 Å². The Morgan fingerprint density at radius 2 is 1.88 bits per heavy atom. The maximum atomic E-state index is 13.6. The molecule has 2 aromatic heterocycles. The highest BCUT2D eigenvalue weighted by atomic mass is 19.4. The second-order valence-electron chi connectivity index (χ2n) is 5.77. The molecule has 0 aliphatic heterocycles. The fourth-order valence-corrected chi connectivity index (χ4v) is 3.18. The molecule has 1 aromatic carbocycles.